The van der Waals surface area contributed by atoms with Crippen molar-refractivity contribution in [2.24, 2.45) is 0 Å². The van der Waals surface area contributed by atoms with E-state index in [-0.39, 0.29) is 17.9 Å². The fourth-order valence-electron chi connectivity index (χ4n) is 3.57. The van der Waals surface area contributed by atoms with Crippen molar-refractivity contribution < 1.29 is 22.7 Å². The zero-order valence-electron chi connectivity index (χ0n) is 19.6. The second-order valence-corrected chi connectivity index (χ2v) is 11.5. The summed E-state index contributed by atoms with van der Waals surface area (Å²) in [7, 11) is 0.364. The number of benzene rings is 1. The third kappa shape index (κ3) is 5.98. The predicted octanol–water partition coefficient (Wildman–Crippen LogP) is 2.56. The SMILES string of the molecule is Cc1c(N(C(=O)O)C(C)(C)C)ccc2nc(NCCC(CN(C)C)S(C)(=O)=O)oc(=O)c12. The van der Waals surface area contributed by atoms with Crippen LogP contribution in [0.25, 0.3) is 10.9 Å². The number of fused-ring (bicyclic) bond motifs is 1. The highest BCUT2D eigenvalue weighted by atomic mass is 32.2. The molecule has 2 rings (SSSR count). The molecule has 1 atom stereocenters. The molecule has 0 saturated heterocycles. The smallest absolute Gasteiger partial charge is 0.412 e. The van der Waals surface area contributed by atoms with Gasteiger partial charge in [-0.3, -0.25) is 4.90 Å². The van der Waals surface area contributed by atoms with Gasteiger partial charge in [-0.25, -0.2) is 18.0 Å². The normalized spacial score (nSPS) is 13.4. The highest BCUT2D eigenvalue weighted by Crippen LogP contribution is 2.31. The fourth-order valence-corrected chi connectivity index (χ4v) is 4.68. The van der Waals surface area contributed by atoms with Crippen molar-refractivity contribution in [2.45, 2.75) is 44.9 Å². The molecule has 0 saturated carbocycles. The molecular weight excluding hydrogens is 436 g/mol. The summed E-state index contributed by atoms with van der Waals surface area (Å²) < 4.78 is 29.3. The molecule has 32 heavy (non-hydrogen) atoms. The van der Waals surface area contributed by atoms with E-state index >= 15 is 0 Å². The lowest BCUT2D eigenvalue weighted by Gasteiger charge is -2.34. The van der Waals surface area contributed by atoms with Crippen LogP contribution in [-0.2, 0) is 9.84 Å². The summed E-state index contributed by atoms with van der Waals surface area (Å²) in [6.07, 6.45) is 0.389. The topological polar surface area (TPSA) is 133 Å². The molecule has 1 heterocycles. The van der Waals surface area contributed by atoms with Gasteiger partial charge in [0.25, 0.3) is 6.01 Å². The van der Waals surface area contributed by atoms with Crippen LogP contribution in [0.2, 0.25) is 0 Å². The first-order valence-corrected chi connectivity index (χ1v) is 12.1. The van der Waals surface area contributed by atoms with Crippen LogP contribution in [0.1, 0.15) is 32.8 Å². The van der Waals surface area contributed by atoms with Crippen LogP contribution in [-0.4, -0.2) is 73.7 Å². The van der Waals surface area contributed by atoms with Gasteiger partial charge in [-0.15, -0.1) is 0 Å². The molecule has 1 aromatic carbocycles. The van der Waals surface area contributed by atoms with Crippen molar-refractivity contribution in [1.29, 1.82) is 0 Å². The van der Waals surface area contributed by atoms with Crippen LogP contribution < -0.4 is 15.8 Å². The number of sulfone groups is 1. The maximum Gasteiger partial charge on any atom is 0.412 e. The van der Waals surface area contributed by atoms with Crippen LogP contribution in [0.15, 0.2) is 21.3 Å². The molecule has 1 unspecified atom stereocenters. The second-order valence-electron chi connectivity index (χ2n) is 9.13. The molecule has 0 aliphatic carbocycles. The van der Waals surface area contributed by atoms with Gasteiger partial charge >= 0.3 is 11.7 Å². The number of carbonyl (C=O) groups is 1. The minimum absolute atomic E-state index is 0.0160. The number of aryl methyl sites for hydroxylation is 1. The number of nitrogens with one attached hydrogen (secondary N) is 1. The Morgan fingerprint density at radius 2 is 1.91 bits per heavy atom. The van der Waals surface area contributed by atoms with E-state index in [0.29, 0.717) is 29.7 Å². The first kappa shape index (κ1) is 25.6. The van der Waals surface area contributed by atoms with E-state index < -0.39 is 32.3 Å². The largest absolute Gasteiger partial charge is 0.465 e. The van der Waals surface area contributed by atoms with E-state index in [2.05, 4.69) is 10.3 Å². The van der Waals surface area contributed by atoms with Gasteiger partial charge < -0.3 is 19.7 Å². The van der Waals surface area contributed by atoms with Crippen molar-refractivity contribution in [3.05, 3.63) is 28.1 Å². The summed E-state index contributed by atoms with van der Waals surface area (Å²) >= 11 is 0. The van der Waals surface area contributed by atoms with E-state index in [9.17, 15) is 23.1 Å². The lowest BCUT2D eigenvalue weighted by molar-refractivity contribution is 0.195. The minimum atomic E-state index is -3.24. The summed E-state index contributed by atoms with van der Waals surface area (Å²) in [6.45, 7) is 7.57. The third-order valence-corrected chi connectivity index (χ3v) is 6.65. The molecule has 1 aromatic heterocycles. The molecule has 0 fully saturated rings. The van der Waals surface area contributed by atoms with E-state index in [1.807, 2.05) is 0 Å². The summed E-state index contributed by atoms with van der Waals surface area (Å²) in [5.74, 6) is 0. The van der Waals surface area contributed by atoms with Gasteiger partial charge in [-0.1, -0.05) is 0 Å². The van der Waals surface area contributed by atoms with Crippen LogP contribution in [0.5, 0.6) is 0 Å². The average Bonchev–Trinajstić information content (AvgIpc) is 2.60. The Morgan fingerprint density at radius 1 is 1.28 bits per heavy atom. The fraction of sp³-hybridized carbons (Fsp3) is 0.571. The molecule has 1 amide bonds. The van der Waals surface area contributed by atoms with Gasteiger partial charge in [-0.2, -0.15) is 4.98 Å². The van der Waals surface area contributed by atoms with Gasteiger partial charge in [0, 0.05) is 24.9 Å². The molecule has 11 heteroatoms. The van der Waals surface area contributed by atoms with Gasteiger partial charge in [0.1, 0.15) is 0 Å². The Hall–Kier alpha value is -2.66. The van der Waals surface area contributed by atoms with E-state index in [0.717, 1.165) is 0 Å². The number of aromatic nitrogens is 1. The molecule has 0 aliphatic heterocycles. The Labute approximate surface area is 188 Å². The Bertz CT molecular complexity index is 1150. The van der Waals surface area contributed by atoms with Gasteiger partial charge in [0.2, 0.25) is 0 Å². The highest BCUT2D eigenvalue weighted by Gasteiger charge is 2.30. The van der Waals surface area contributed by atoms with E-state index in [1.54, 1.807) is 58.8 Å². The number of carboxylic acid groups (broad SMARTS) is 1. The number of rotatable bonds is 8. The van der Waals surface area contributed by atoms with Crippen molar-refractivity contribution in [3.8, 4) is 0 Å². The van der Waals surface area contributed by atoms with Crippen LogP contribution >= 0.6 is 0 Å². The van der Waals surface area contributed by atoms with Crippen molar-refractivity contribution >= 4 is 38.5 Å². The predicted molar refractivity (Wildman–Crippen MR) is 126 cm³/mol. The maximum atomic E-state index is 12.7. The zero-order valence-corrected chi connectivity index (χ0v) is 20.4. The quantitative estimate of drug-likeness (QED) is 0.599. The summed E-state index contributed by atoms with van der Waals surface area (Å²) in [6, 6.07) is 3.18. The molecule has 178 valence electrons. The lowest BCUT2D eigenvalue weighted by Crippen LogP contribution is -2.45. The molecule has 0 aliphatic rings. The number of amides is 1. The highest BCUT2D eigenvalue weighted by molar-refractivity contribution is 7.91. The molecule has 2 N–H and O–H groups in total. The van der Waals surface area contributed by atoms with Crippen molar-refractivity contribution in [2.75, 3.05) is 43.7 Å². The second kappa shape index (κ2) is 9.45. The van der Waals surface area contributed by atoms with Crippen molar-refractivity contribution in [3.63, 3.8) is 0 Å². The standard InChI is InChI=1S/C21H32N4O6S/c1-13-16(25(20(27)28)21(2,3)4)9-8-15-17(13)18(26)31-19(23-15)22-11-10-14(12-24(5)6)32(7,29)30/h8-9,14H,10-12H2,1-7H3,(H,22,23)(H,27,28). The summed E-state index contributed by atoms with van der Waals surface area (Å²) in [5, 5.41) is 12.2. The molecule has 0 bridgehead atoms. The molecule has 0 radical (unpaired) electrons. The number of hydrogen-bond donors (Lipinski definition) is 2. The Kier molecular flexibility index (Phi) is 7.56. The third-order valence-electron chi connectivity index (χ3n) is 5.05. The molecule has 0 spiro atoms. The first-order valence-electron chi connectivity index (χ1n) is 10.2. The van der Waals surface area contributed by atoms with Gasteiger partial charge in [0.05, 0.1) is 21.8 Å². The van der Waals surface area contributed by atoms with Crippen LogP contribution in [0.4, 0.5) is 16.5 Å². The molecular formula is C21H32N4O6S. The summed E-state index contributed by atoms with van der Waals surface area (Å²) in [5.41, 5.74) is -0.175. The first-order chi connectivity index (χ1) is 14.6. The number of anilines is 2. The average molecular weight is 469 g/mol. The number of hydrogen-bond acceptors (Lipinski definition) is 8. The Morgan fingerprint density at radius 3 is 2.41 bits per heavy atom. The summed E-state index contributed by atoms with van der Waals surface area (Å²) in [4.78, 5) is 31.9. The maximum absolute atomic E-state index is 12.7. The molecule has 10 nitrogen and oxygen atoms in total. The van der Waals surface area contributed by atoms with Crippen LogP contribution in [0.3, 0.4) is 0 Å². The van der Waals surface area contributed by atoms with Crippen molar-refractivity contribution in [1.82, 2.24) is 9.88 Å². The lowest BCUT2D eigenvalue weighted by atomic mass is 10.0. The number of nitrogens with zero attached hydrogens (tertiary/aromatic N) is 3. The van der Waals surface area contributed by atoms with E-state index in [1.165, 1.54) is 11.2 Å². The Balaban J connectivity index is 2.34. The van der Waals surface area contributed by atoms with Gasteiger partial charge in [-0.05, 0) is 65.9 Å². The van der Waals surface area contributed by atoms with Crippen LogP contribution in [0, 0.1) is 6.92 Å². The molecule has 2 aromatic rings. The monoisotopic (exact) mass is 468 g/mol. The minimum Gasteiger partial charge on any atom is -0.465 e. The van der Waals surface area contributed by atoms with Gasteiger partial charge in [0.15, 0.2) is 9.84 Å². The zero-order chi connectivity index (χ0) is 24.4. The van der Waals surface area contributed by atoms with E-state index in [4.69, 9.17) is 4.42 Å².